The highest BCUT2D eigenvalue weighted by Crippen LogP contribution is 2.35. The van der Waals surface area contributed by atoms with Gasteiger partial charge in [-0.3, -0.25) is 4.98 Å². The predicted octanol–water partition coefficient (Wildman–Crippen LogP) is 3.45. The maximum atomic E-state index is 5.20. The zero-order valence-electron chi connectivity index (χ0n) is 13.8. The molecule has 0 spiro atoms. The number of nitrogens with zero attached hydrogens (tertiary/aromatic N) is 4. The standard InChI is InChI=1S/C17H20N4OS/c1-11-12(2)23-17-14(11)16(21(3)9-10-22-4)19-15(20-17)13-7-5-6-8-18-13/h5-8H,9-10H2,1-4H3. The summed E-state index contributed by atoms with van der Waals surface area (Å²) in [6, 6.07) is 5.79. The number of pyridine rings is 1. The normalized spacial score (nSPS) is 11.1. The van der Waals surface area contributed by atoms with Crippen LogP contribution in [-0.2, 0) is 4.74 Å². The van der Waals surface area contributed by atoms with E-state index in [4.69, 9.17) is 14.7 Å². The van der Waals surface area contributed by atoms with Crippen molar-refractivity contribution in [3.8, 4) is 11.5 Å². The van der Waals surface area contributed by atoms with Gasteiger partial charge in [-0.2, -0.15) is 0 Å². The summed E-state index contributed by atoms with van der Waals surface area (Å²) in [6.07, 6.45) is 1.77. The third kappa shape index (κ3) is 3.04. The molecule has 23 heavy (non-hydrogen) atoms. The van der Waals surface area contributed by atoms with Gasteiger partial charge in [0.25, 0.3) is 0 Å². The van der Waals surface area contributed by atoms with Crippen LogP contribution in [0.1, 0.15) is 10.4 Å². The van der Waals surface area contributed by atoms with Crippen molar-refractivity contribution in [3.05, 3.63) is 34.8 Å². The molecule has 3 heterocycles. The van der Waals surface area contributed by atoms with E-state index in [9.17, 15) is 0 Å². The lowest BCUT2D eigenvalue weighted by Gasteiger charge is -2.19. The van der Waals surface area contributed by atoms with E-state index in [1.807, 2.05) is 25.2 Å². The number of ether oxygens (including phenoxy) is 1. The van der Waals surface area contributed by atoms with Gasteiger partial charge >= 0.3 is 0 Å². The molecule has 0 fully saturated rings. The van der Waals surface area contributed by atoms with E-state index >= 15 is 0 Å². The molecule has 3 aromatic heterocycles. The molecular weight excluding hydrogens is 308 g/mol. The molecule has 0 amide bonds. The molecule has 0 N–H and O–H groups in total. The summed E-state index contributed by atoms with van der Waals surface area (Å²) in [5.41, 5.74) is 2.04. The Labute approximate surface area is 140 Å². The Bertz CT molecular complexity index is 816. The number of likely N-dealkylation sites (N-methyl/N-ethyl adjacent to an activating group) is 1. The van der Waals surface area contributed by atoms with Crippen molar-refractivity contribution in [2.75, 3.05) is 32.2 Å². The Kier molecular flexibility index (Phi) is 4.54. The Morgan fingerprint density at radius 3 is 2.74 bits per heavy atom. The van der Waals surface area contributed by atoms with Gasteiger partial charge in [-0.15, -0.1) is 11.3 Å². The zero-order valence-corrected chi connectivity index (χ0v) is 14.6. The minimum absolute atomic E-state index is 0.656. The van der Waals surface area contributed by atoms with Gasteiger partial charge in [0.2, 0.25) is 0 Å². The number of aryl methyl sites for hydroxylation is 2. The van der Waals surface area contributed by atoms with Crippen molar-refractivity contribution >= 4 is 27.4 Å². The highest BCUT2D eigenvalue weighted by molar-refractivity contribution is 7.18. The summed E-state index contributed by atoms with van der Waals surface area (Å²) in [4.78, 5) is 18.3. The van der Waals surface area contributed by atoms with Gasteiger partial charge < -0.3 is 9.64 Å². The lowest BCUT2D eigenvalue weighted by molar-refractivity contribution is 0.206. The molecule has 120 valence electrons. The topological polar surface area (TPSA) is 51.1 Å². The molecule has 0 aliphatic carbocycles. The Morgan fingerprint density at radius 2 is 2.04 bits per heavy atom. The van der Waals surface area contributed by atoms with Gasteiger partial charge in [0.15, 0.2) is 5.82 Å². The molecule has 0 saturated carbocycles. The first kappa shape index (κ1) is 15.8. The molecule has 3 rings (SSSR count). The van der Waals surface area contributed by atoms with Crippen LogP contribution in [0.15, 0.2) is 24.4 Å². The molecule has 0 aliphatic heterocycles. The van der Waals surface area contributed by atoms with Crippen molar-refractivity contribution in [2.45, 2.75) is 13.8 Å². The SMILES string of the molecule is COCCN(C)c1nc(-c2ccccn2)nc2sc(C)c(C)c12. The maximum Gasteiger partial charge on any atom is 0.181 e. The van der Waals surface area contributed by atoms with Crippen molar-refractivity contribution in [3.63, 3.8) is 0 Å². The first-order chi connectivity index (χ1) is 11.1. The Balaban J connectivity index is 2.18. The van der Waals surface area contributed by atoms with Crippen LogP contribution in [0.25, 0.3) is 21.7 Å². The smallest absolute Gasteiger partial charge is 0.181 e. The average molecular weight is 328 g/mol. The first-order valence-corrected chi connectivity index (χ1v) is 8.32. The molecule has 0 unspecified atom stereocenters. The van der Waals surface area contributed by atoms with Crippen LogP contribution in [-0.4, -0.2) is 42.3 Å². The van der Waals surface area contributed by atoms with E-state index in [0.717, 1.165) is 28.3 Å². The molecule has 0 aliphatic rings. The summed E-state index contributed by atoms with van der Waals surface area (Å²) < 4.78 is 5.20. The summed E-state index contributed by atoms with van der Waals surface area (Å²) >= 11 is 1.71. The van der Waals surface area contributed by atoms with Gasteiger partial charge in [0.05, 0.1) is 12.0 Å². The Morgan fingerprint density at radius 1 is 1.22 bits per heavy atom. The maximum absolute atomic E-state index is 5.20. The van der Waals surface area contributed by atoms with Crippen molar-refractivity contribution in [1.82, 2.24) is 15.0 Å². The molecule has 0 bridgehead atoms. The molecule has 6 heteroatoms. The van der Waals surface area contributed by atoms with Crippen LogP contribution in [0, 0.1) is 13.8 Å². The second-order valence-corrected chi connectivity index (χ2v) is 6.67. The van der Waals surface area contributed by atoms with Gasteiger partial charge in [0, 0.05) is 31.8 Å². The molecule has 0 radical (unpaired) electrons. The van der Waals surface area contributed by atoms with Gasteiger partial charge in [-0.1, -0.05) is 6.07 Å². The lowest BCUT2D eigenvalue weighted by Crippen LogP contribution is -2.23. The quantitative estimate of drug-likeness (QED) is 0.718. The number of methoxy groups -OCH3 is 1. The zero-order chi connectivity index (χ0) is 16.4. The number of fused-ring (bicyclic) bond motifs is 1. The summed E-state index contributed by atoms with van der Waals surface area (Å²) in [5, 5.41) is 1.13. The van der Waals surface area contributed by atoms with Crippen LogP contribution >= 0.6 is 11.3 Å². The Hall–Kier alpha value is -2.05. The molecule has 3 aromatic rings. The second-order valence-electron chi connectivity index (χ2n) is 5.46. The minimum Gasteiger partial charge on any atom is -0.383 e. The highest BCUT2D eigenvalue weighted by Gasteiger charge is 2.18. The van der Waals surface area contributed by atoms with Gasteiger partial charge in [0.1, 0.15) is 16.3 Å². The molecule has 0 aromatic carbocycles. The fraction of sp³-hybridized carbons (Fsp3) is 0.353. The van der Waals surface area contributed by atoms with Crippen molar-refractivity contribution in [2.24, 2.45) is 0 Å². The number of hydrogen-bond acceptors (Lipinski definition) is 6. The summed E-state index contributed by atoms with van der Waals surface area (Å²) in [7, 11) is 3.75. The van der Waals surface area contributed by atoms with Crippen molar-refractivity contribution in [1.29, 1.82) is 0 Å². The van der Waals surface area contributed by atoms with Crippen LogP contribution in [0.2, 0.25) is 0 Å². The second kappa shape index (κ2) is 6.60. The average Bonchev–Trinajstić information content (AvgIpc) is 2.87. The number of thiophene rings is 1. The fourth-order valence-corrected chi connectivity index (χ4v) is 3.47. The lowest BCUT2D eigenvalue weighted by atomic mass is 10.2. The third-order valence-corrected chi connectivity index (χ3v) is 5.00. The summed E-state index contributed by atoms with van der Waals surface area (Å²) in [6.45, 7) is 5.69. The monoisotopic (exact) mass is 328 g/mol. The van der Waals surface area contributed by atoms with Crippen molar-refractivity contribution < 1.29 is 4.74 Å². The predicted molar refractivity (Wildman–Crippen MR) is 95.3 cm³/mol. The molecule has 0 atom stereocenters. The number of aromatic nitrogens is 3. The first-order valence-electron chi connectivity index (χ1n) is 7.51. The van der Waals surface area contributed by atoms with Crippen LogP contribution in [0.3, 0.4) is 0 Å². The summed E-state index contributed by atoms with van der Waals surface area (Å²) in [5.74, 6) is 1.60. The van der Waals surface area contributed by atoms with Gasteiger partial charge in [-0.05, 0) is 31.5 Å². The van der Waals surface area contributed by atoms with Crippen LogP contribution in [0.5, 0.6) is 0 Å². The van der Waals surface area contributed by atoms with E-state index in [2.05, 4.69) is 23.7 Å². The van der Waals surface area contributed by atoms with Gasteiger partial charge in [-0.25, -0.2) is 9.97 Å². The number of hydrogen-bond donors (Lipinski definition) is 0. The van der Waals surface area contributed by atoms with Crippen LogP contribution in [0.4, 0.5) is 5.82 Å². The number of rotatable bonds is 5. The van der Waals surface area contributed by atoms with E-state index in [1.165, 1.54) is 10.4 Å². The van der Waals surface area contributed by atoms with E-state index in [-0.39, 0.29) is 0 Å². The number of anilines is 1. The van der Waals surface area contributed by atoms with E-state index in [0.29, 0.717) is 12.4 Å². The third-order valence-electron chi connectivity index (χ3n) is 3.90. The molecule has 5 nitrogen and oxygen atoms in total. The fourth-order valence-electron chi connectivity index (χ4n) is 2.45. The molecular formula is C17H20N4OS. The molecule has 0 saturated heterocycles. The van der Waals surface area contributed by atoms with E-state index < -0.39 is 0 Å². The van der Waals surface area contributed by atoms with Crippen LogP contribution < -0.4 is 4.90 Å². The van der Waals surface area contributed by atoms with E-state index in [1.54, 1.807) is 24.6 Å². The highest BCUT2D eigenvalue weighted by atomic mass is 32.1. The minimum atomic E-state index is 0.656. The largest absolute Gasteiger partial charge is 0.383 e.